The summed E-state index contributed by atoms with van der Waals surface area (Å²) in [5, 5.41) is 14.8. The topological polar surface area (TPSA) is 72.7 Å². The van der Waals surface area contributed by atoms with Gasteiger partial charge in [-0.25, -0.2) is 4.39 Å². The first-order valence-electron chi connectivity index (χ1n) is 7.47. The monoisotopic (exact) mass is 325 g/mol. The summed E-state index contributed by atoms with van der Waals surface area (Å²) in [7, 11) is 0. The van der Waals surface area contributed by atoms with Crippen molar-refractivity contribution in [2.45, 2.75) is 20.0 Å². The van der Waals surface area contributed by atoms with E-state index in [1.807, 2.05) is 30.3 Å². The van der Waals surface area contributed by atoms with Crippen molar-refractivity contribution in [2.75, 3.05) is 0 Å². The lowest BCUT2D eigenvalue weighted by atomic mass is 10.1. The Bertz CT molecular complexity index is 847. The molecule has 0 bridgehead atoms. The molecule has 1 N–H and O–H groups in total. The van der Waals surface area contributed by atoms with E-state index in [0.717, 1.165) is 11.1 Å². The Morgan fingerprint density at radius 2 is 2.00 bits per heavy atom. The number of nitrogens with zero attached hydrogens (tertiary/aromatic N) is 4. The van der Waals surface area contributed by atoms with Gasteiger partial charge >= 0.3 is 0 Å². The van der Waals surface area contributed by atoms with Crippen molar-refractivity contribution in [2.24, 2.45) is 0 Å². The number of hydrogen-bond acceptors (Lipinski definition) is 4. The summed E-state index contributed by atoms with van der Waals surface area (Å²) in [6, 6.07) is 14.2. The lowest BCUT2D eigenvalue weighted by Crippen LogP contribution is -2.28. The quantitative estimate of drug-likeness (QED) is 0.780. The smallest absolute Gasteiger partial charge is 0.243 e. The Morgan fingerprint density at radius 1 is 1.21 bits per heavy atom. The third-order valence-corrected chi connectivity index (χ3v) is 3.48. The predicted octanol–water partition coefficient (Wildman–Crippen LogP) is 2.10. The molecule has 2 aromatic carbocycles. The molecule has 0 saturated carbocycles. The number of amides is 1. The van der Waals surface area contributed by atoms with Gasteiger partial charge in [0.2, 0.25) is 11.7 Å². The van der Waals surface area contributed by atoms with Crippen LogP contribution in [0.25, 0.3) is 11.4 Å². The number of benzene rings is 2. The summed E-state index contributed by atoms with van der Waals surface area (Å²) < 4.78 is 13.2. The van der Waals surface area contributed by atoms with Crippen molar-refractivity contribution in [3.8, 4) is 11.4 Å². The lowest BCUT2D eigenvalue weighted by molar-refractivity contribution is -0.122. The summed E-state index contributed by atoms with van der Waals surface area (Å²) in [5.41, 5.74) is 2.22. The Balaban J connectivity index is 1.57. The predicted molar refractivity (Wildman–Crippen MR) is 86.2 cm³/mol. The number of nitrogens with one attached hydrogen (secondary N) is 1. The van der Waals surface area contributed by atoms with E-state index in [-0.39, 0.29) is 18.3 Å². The zero-order chi connectivity index (χ0) is 16.9. The average Bonchev–Trinajstić information content (AvgIpc) is 3.05. The minimum absolute atomic E-state index is 0.0278. The number of rotatable bonds is 5. The molecule has 0 radical (unpaired) electrons. The van der Waals surface area contributed by atoms with E-state index >= 15 is 0 Å². The van der Waals surface area contributed by atoms with Crippen molar-refractivity contribution in [3.63, 3.8) is 0 Å². The lowest BCUT2D eigenvalue weighted by Gasteiger charge is -2.06. The maximum Gasteiger partial charge on any atom is 0.243 e. The molecule has 7 heteroatoms. The number of tetrazole rings is 1. The molecule has 0 saturated heterocycles. The van der Waals surface area contributed by atoms with Crippen LogP contribution in [0.15, 0.2) is 48.5 Å². The molecule has 24 heavy (non-hydrogen) atoms. The SMILES string of the molecule is Cc1cc(CNC(=O)Cn2nnc(-c3ccccc3)n2)ccc1F. The first-order valence-corrected chi connectivity index (χ1v) is 7.47. The van der Waals surface area contributed by atoms with Crippen LogP contribution >= 0.6 is 0 Å². The normalized spacial score (nSPS) is 10.6. The van der Waals surface area contributed by atoms with E-state index in [1.54, 1.807) is 19.1 Å². The van der Waals surface area contributed by atoms with E-state index in [9.17, 15) is 9.18 Å². The maximum atomic E-state index is 13.2. The highest BCUT2D eigenvalue weighted by Crippen LogP contribution is 2.11. The Labute approximate surface area is 138 Å². The van der Waals surface area contributed by atoms with E-state index < -0.39 is 0 Å². The number of carbonyl (C=O) groups is 1. The molecular weight excluding hydrogens is 309 g/mol. The van der Waals surface area contributed by atoms with Gasteiger partial charge in [-0.2, -0.15) is 4.80 Å². The molecule has 0 spiro atoms. The minimum atomic E-state index is -0.259. The highest BCUT2D eigenvalue weighted by Gasteiger charge is 2.09. The second-order valence-corrected chi connectivity index (χ2v) is 5.37. The van der Waals surface area contributed by atoms with E-state index in [4.69, 9.17) is 0 Å². The number of aromatic nitrogens is 4. The molecule has 6 nitrogen and oxygen atoms in total. The van der Waals surface area contributed by atoms with Crippen LogP contribution in [0.4, 0.5) is 4.39 Å². The molecule has 0 aliphatic heterocycles. The van der Waals surface area contributed by atoms with Crippen LogP contribution in [0, 0.1) is 12.7 Å². The van der Waals surface area contributed by atoms with Crippen LogP contribution in [-0.2, 0) is 17.9 Å². The summed E-state index contributed by atoms with van der Waals surface area (Å²) in [6.07, 6.45) is 0. The summed E-state index contributed by atoms with van der Waals surface area (Å²) in [6.45, 7) is 1.98. The molecule has 3 rings (SSSR count). The summed E-state index contributed by atoms with van der Waals surface area (Å²) >= 11 is 0. The molecule has 0 unspecified atom stereocenters. The van der Waals surface area contributed by atoms with Crippen LogP contribution in [0.3, 0.4) is 0 Å². The van der Waals surface area contributed by atoms with Gasteiger partial charge in [0.25, 0.3) is 0 Å². The molecular formula is C17H16FN5O. The third-order valence-electron chi connectivity index (χ3n) is 3.48. The molecule has 0 aliphatic carbocycles. The fraction of sp³-hybridized carbons (Fsp3) is 0.176. The van der Waals surface area contributed by atoms with Crippen molar-refractivity contribution in [3.05, 3.63) is 65.5 Å². The van der Waals surface area contributed by atoms with Crippen molar-refractivity contribution >= 4 is 5.91 Å². The number of carbonyl (C=O) groups excluding carboxylic acids is 1. The minimum Gasteiger partial charge on any atom is -0.350 e. The van der Waals surface area contributed by atoms with Crippen LogP contribution in [-0.4, -0.2) is 26.1 Å². The molecule has 0 aliphatic rings. The van der Waals surface area contributed by atoms with Crippen molar-refractivity contribution in [1.29, 1.82) is 0 Å². The summed E-state index contributed by atoms with van der Waals surface area (Å²) in [4.78, 5) is 13.2. The average molecular weight is 325 g/mol. The zero-order valence-electron chi connectivity index (χ0n) is 13.1. The largest absolute Gasteiger partial charge is 0.350 e. The second-order valence-electron chi connectivity index (χ2n) is 5.37. The van der Waals surface area contributed by atoms with Gasteiger partial charge in [0, 0.05) is 12.1 Å². The van der Waals surface area contributed by atoms with Crippen molar-refractivity contribution < 1.29 is 9.18 Å². The van der Waals surface area contributed by atoms with Gasteiger partial charge in [-0.1, -0.05) is 42.5 Å². The van der Waals surface area contributed by atoms with Crippen LogP contribution in [0.1, 0.15) is 11.1 Å². The number of halogens is 1. The maximum absolute atomic E-state index is 13.2. The highest BCUT2D eigenvalue weighted by atomic mass is 19.1. The zero-order valence-corrected chi connectivity index (χ0v) is 13.1. The van der Waals surface area contributed by atoms with Crippen LogP contribution < -0.4 is 5.32 Å². The molecule has 3 aromatic rings. The van der Waals surface area contributed by atoms with Gasteiger partial charge < -0.3 is 5.32 Å². The van der Waals surface area contributed by atoms with E-state index in [2.05, 4.69) is 20.7 Å². The Kier molecular flexibility index (Phi) is 4.60. The van der Waals surface area contributed by atoms with Crippen LogP contribution in [0.2, 0.25) is 0 Å². The number of hydrogen-bond donors (Lipinski definition) is 1. The van der Waals surface area contributed by atoms with Gasteiger partial charge in [-0.3, -0.25) is 4.79 Å². The first kappa shape index (κ1) is 15.8. The highest BCUT2D eigenvalue weighted by molar-refractivity contribution is 5.75. The molecule has 1 heterocycles. The number of aryl methyl sites for hydroxylation is 1. The fourth-order valence-corrected chi connectivity index (χ4v) is 2.21. The Hall–Kier alpha value is -3.09. The van der Waals surface area contributed by atoms with Gasteiger partial charge in [-0.05, 0) is 29.3 Å². The standard InChI is InChI=1S/C17H16FN5O/c1-12-9-13(7-8-15(12)18)10-19-16(24)11-23-21-17(20-22-23)14-5-3-2-4-6-14/h2-9H,10-11H2,1H3,(H,19,24). The van der Waals surface area contributed by atoms with Gasteiger partial charge in [0.1, 0.15) is 12.4 Å². The van der Waals surface area contributed by atoms with Crippen molar-refractivity contribution in [1.82, 2.24) is 25.5 Å². The van der Waals surface area contributed by atoms with Gasteiger partial charge in [0.05, 0.1) is 0 Å². The van der Waals surface area contributed by atoms with Crippen LogP contribution in [0.5, 0.6) is 0 Å². The Morgan fingerprint density at radius 3 is 2.75 bits per heavy atom. The van der Waals surface area contributed by atoms with Gasteiger partial charge in [0.15, 0.2) is 0 Å². The fourth-order valence-electron chi connectivity index (χ4n) is 2.21. The van der Waals surface area contributed by atoms with Gasteiger partial charge in [-0.15, -0.1) is 10.2 Å². The molecule has 0 fully saturated rings. The summed E-state index contributed by atoms with van der Waals surface area (Å²) in [5.74, 6) is -0.0307. The molecule has 1 aromatic heterocycles. The van der Waals surface area contributed by atoms with E-state index in [1.165, 1.54) is 10.9 Å². The molecule has 122 valence electrons. The van der Waals surface area contributed by atoms with E-state index in [0.29, 0.717) is 17.9 Å². The molecule has 0 atom stereocenters. The second kappa shape index (κ2) is 6.99. The molecule has 1 amide bonds. The third kappa shape index (κ3) is 3.81. The first-order chi connectivity index (χ1) is 11.6.